The molecule has 1 aromatic carbocycles. The summed E-state index contributed by atoms with van der Waals surface area (Å²) in [7, 11) is 0. The molecule has 2 fully saturated rings. The van der Waals surface area contributed by atoms with Gasteiger partial charge in [-0.05, 0) is 17.9 Å². The minimum Gasteiger partial charge on any atom is -0.394 e. The van der Waals surface area contributed by atoms with Crippen molar-refractivity contribution in [3.05, 3.63) is 35.9 Å². The van der Waals surface area contributed by atoms with E-state index in [-0.39, 0.29) is 35.7 Å². The molecule has 0 spiro atoms. The van der Waals surface area contributed by atoms with Gasteiger partial charge in [-0.2, -0.15) is 0 Å². The van der Waals surface area contributed by atoms with E-state index < -0.39 is 5.54 Å². The van der Waals surface area contributed by atoms with Crippen molar-refractivity contribution in [2.75, 3.05) is 6.61 Å². The van der Waals surface area contributed by atoms with Crippen LogP contribution in [0.5, 0.6) is 0 Å². The van der Waals surface area contributed by atoms with E-state index in [2.05, 4.69) is 0 Å². The lowest BCUT2D eigenvalue weighted by molar-refractivity contribution is -0.152. The van der Waals surface area contributed by atoms with E-state index in [0.717, 1.165) is 5.56 Å². The van der Waals surface area contributed by atoms with Crippen LogP contribution in [-0.4, -0.2) is 28.4 Å². The molecule has 3 unspecified atom stereocenters. The number of rotatable bonds is 3. The smallest absolute Gasteiger partial charge is 0.234 e. The Balaban J connectivity index is 2.01. The Bertz CT molecular complexity index is 557. The van der Waals surface area contributed by atoms with Crippen molar-refractivity contribution >= 4 is 11.8 Å². The van der Waals surface area contributed by atoms with E-state index in [1.165, 1.54) is 4.90 Å². The molecule has 3 atom stereocenters. The van der Waals surface area contributed by atoms with E-state index in [1.54, 1.807) is 6.92 Å². The second kappa shape index (κ2) is 3.92. The monoisotopic (exact) mass is 273 g/mol. The summed E-state index contributed by atoms with van der Waals surface area (Å²) < 4.78 is 0. The fourth-order valence-electron chi connectivity index (χ4n) is 3.52. The maximum absolute atomic E-state index is 12.5. The van der Waals surface area contributed by atoms with Crippen LogP contribution in [0.1, 0.15) is 26.3 Å². The minimum atomic E-state index is -0.973. The normalized spacial score (nSPS) is 30.1. The molecule has 1 N–H and O–H groups in total. The summed E-state index contributed by atoms with van der Waals surface area (Å²) in [6.07, 6.45) is 0. The molecule has 1 aliphatic heterocycles. The van der Waals surface area contributed by atoms with Gasteiger partial charge >= 0.3 is 0 Å². The molecular formula is C16H19NO3. The Labute approximate surface area is 118 Å². The standard InChI is InChI=1S/C16H19NO3/c1-15(2)11-12(15)14(20)17(13(11)19)16(3,9-18)10-7-5-4-6-8-10/h4-8,11-12,18H,9H2,1-3H3. The molecule has 1 heterocycles. The first kappa shape index (κ1) is 13.3. The molecule has 2 amide bonds. The Morgan fingerprint density at radius 3 is 2.10 bits per heavy atom. The second-order valence-corrected chi connectivity index (χ2v) is 6.59. The van der Waals surface area contributed by atoms with Gasteiger partial charge in [0.2, 0.25) is 11.8 Å². The Morgan fingerprint density at radius 1 is 1.15 bits per heavy atom. The topological polar surface area (TPSA) is 57.6 Å². The van der Waals surface area contributed by atoms with Crippen molar-refractivity contribution in [1.82, 2.24) is 4.90 Å². The number of piperidine rings is 1. The molecule has 4 nitrogen and oxygen atoms in total. The third-order valence-electron chi connectivity index (χ3n) is 5.00. The van der Waals surface area contributed by atoms with Gasteiger partial charge < -0.3 is 5.11 Å². The second-order valence-electron chi connectivity index (χ2n) is 6.59. The van der Waals surface area contributed by atoms with Gasteiger partial charge in [-0.3, -0.25) is 14.5 Å². The third-order valence-corrected chi connectivity index (χ3v) is 5.00. The first-order valence-corrected chi connectivity index (χ1v) is 6.90. The highest BCUT2D eigenvalue weighted by atomic mass is 16.3. The number of likely N-dealkylation sites (tertiary alicyclic amines) is 1. The maximum atomic E-state index is 12.5. The minimum absolute atomic E-state index is 0.148. The maximum Gasteiger partial charge on any atom is 0.234 e. The van der Waals surface area contributed by atoms with Crippen LogP contribution in [-0.2, 0) is 15.1 Å². The average molecular weight is 273 g/mol. The quantitative estimate of drug-likeness (QED) is 0.850. The SMILES string of the molecule is CC1(C)C2C(=O)N(C(C)(CO)c3ccccc3)C(=O)C21. The number of aliphatic hydroxyl groups excluding tert-OH is 1. The number of imide groups is 1. The summed E-state index contributed by atoms with van der Waals surface area (Å²) in [6, 6.07) is 9.24. The molecule has 1 aromatic rings. The lowest BCUT2D eigenvalue weighted by Gasteiger charge is -2.38. The summed E-state index contributed by atoms with van der Waals surface area (Å²) in [5.41, 5.74) is -0.417. The van der Waals surface area contributed by atoms with Gasteiger partial charge in [-0.1, -0.05) is 44.2 Å². The number of hydrogen-bond donors (Lipinski definition) is 1. The summed E-state index contributed by atoms with van der Waals surface area (Å²) in [6.45, 7) is 5.38. The van der Waals surface area contributed by atoms with Crippen LogP contribution in [0.15, 0.2) is 30.3 Å². The number of hydrogen-bond acceptors (Lipinski definition) is 3. The molecule has 4 heteroatoms. The Kier molecular flexibility index (Phi) is 2.61. The highest BCUT2D eigenvalue weighted by Gasteiger charge is 2.74. The van der Waals surface area contributed by atoms with E-state index in [9.17, 15) is 14.7 Å². The Morgan fingerprint density at radius 2 is 1.65 bits per heavy atom. The van der Waals surface area contributed by atoms with Gasteiger partial charge in [0.25, 0.3) is 0 Å². The number of carbonyl (C=O) groups excluding carboxylic acids is 2. The van der Waals surface area contributed by atoms with Gasteiger partial charge in [0.1, 0.15) is 0 Å². The van der Waals surface area contributed by atoms with Gasteiger partial charge in [0.15, 0.2) is 0 Å². The fourth-order valence-corrected chi connectivity index (χ4v) is 3.52. The first-order chi connectivity index (χ1) is 9.35. The van der Waals surface area contributed by atoms with E-state index >= 15 is 0 Å². The molecule has 0 aromatic heterocycles. The average Bonchev–Trinajstić information content (AvgIpc) is 2.89. The number of aliphatic hydroxyl groups is 1. The van der Waals surface area contributed by atoms with Crippen molar-refractivity contribution in [3.8, 4) is 0 Å². The predicted octanol–water partition coefficient (Wildman–Crippen LogP) is 1.54. The van der Waals surface area contributed by atoms with Crippen LogP contribution in [0.2, 0.25) is 0 Å². The van der Waals surface area contributed by atoms with Crippen molar-refractivity contribution in [1.29, 1.82) is 0 Å². The lowest BCUT2D eigenvalue weighted by atomic mass is 9.89. The molecule has 1 saturated heterocycles. The summed E-state index contributed by atoms with van der Waals surface area (Å²) in [5, 5.41) is 9.82. The molecule has 106 valence electrons. The van der Waals surface area contributed by atoms with Crippen LogP contribution < -0.4 is 0 Å². The van der Waals surface area contributed by atoms with Crippen molar-refractivity contribution in [3.63, 3.8) is 0 Å². The number of carbonyl (C=O) groups is 2. The van der Waals surface area contributed by atoms with Crippen LogP contribution >= 0.6 is 0 Å². The molecule has 0 radical (unpaired) electrons. The number of amides is 2. The number of nitrogens with zero attached hydrogens (tertiary/aromatic N) is 1. The molecule has 1 aliphatic carbocycles. The van der Waals surface area contributed by atoms with E-state index in [0.29, 0.717) is 0 Å². The van der Waals surface area contributed by atoms with Crippen LogP contribution in [0.3, 0.4) is 0 Å². The summed E-state index contributed by atoms with van der Waals surface area (Å²) >= 11 is 0. The first-order valence-electron chi connectivity index (χ1n) is 6.90. The largest absolute Gasteiger partial charge is 0.394 e. The summed E-state index contributed by atoms with van der Waals surface area (Å²) in [4.78, 5) is 26.4. The molecule has 1 saturated carbocycles. The Hall–Kier alpha value is -1.68. The molecule has 20 heavy (non-hydrogen) atoms. The van der Waals surface area contributed by atoms with Gasteiger partial charge in [0.05, 0.1) is 24.0 Å². The fraction of sp³-hybridized carbons (Fsp3) is 0.500. The van der Waals surface area contributed by atoms with E-state index in [1.807, 2.05) is 44.2 Å². The molecular weight excluding hydrogens is 254 g/mol. The zero-order chi connectivity index (χ0) is 14.7. The van der Waals surface area contributed by atoms with Gasteiger partial charge in [-0.25, -0.2) is 0 Å². The predicted molar refractivity (Wildman–Crippen MR) is 73.5 cm³/mol. The van der Waals surface area contributed by atoms with Gasteiger partial charge in [0, 0.05) is 0 Å². The highest BCUT2D eigenvalue weighted by Crippen LogP contribution is 2.64. The summed E-state index contributed by atoms with van der Waals surface area (Å²) in [5.74, 6) is -0.731. The van der Waals surface area contributed by atoms with Gasteiger partial charge in [-0.15, -0.1) is 0 Å². The molecule has 0 bridgehead atoms. The van der Waals surface area contributed by atoms with Crippen molar-refractivity contribution < 1.29 is 14.7 Å². The van der Waals surface area contributed by atoms with Crippen LogP contribution in [0, 0.1) is 17.3 Å². The number of benzene rings is 1. The van der Waals surface area contributed by atoms with E-state index in [4.69, 9.17) is 0 Å². The molecule has 3 rings (SSSR count). The zero-order valence-electron chi connectivity index (χ0n) is 12.0. The lowest BCUT2D eigenvalue weighted by Crippen LogP contribution is -2.52. The van der Waals surface area contributed by atoms with Crippen LogP contribution in [0.25, 0.3) is 0 Å². The molecule has 2 aliphatic rings. The van der Waals surface area contributed by atoms with Crippen LogP contribution in [0.4, 0.5) is 0 Å². The zero-order valence-corrected chi connectivity index (χ0v) is 12.0. The van der Waals surface area contributed by atoms with Crippen molar-refractivity contribution in [2.24, 2.45) is 17.3 Å². The third kappa shape index (κ3) is 1.45. The number of fused-ring (bicyclic) bond motifs is 1. The highest BCUT2D eigenvalue weighted by molar-refractivity contribution is 6.11. The van der Waals surface area contributed by atoms with Crippen molar-refractivity contribution in [2.45, 2.75) is 26.3 Å².